The van der Waals surface area contributed by atoms with Crippen molar-refractivity contribution in [3.05, 3.63) is 39.3 Å². The van der Waals surface area contributed by atoms with Crippen LogP contribution < -0.4 is 15.6 Å². The van der Waals surface area contributed by atoms with Gasteiger partial charge in [-0.3, -0.25) is 9.59 Å². The highest BCUT2D eigenvalue weighted by atomic mass is 32.1. The second-order valence-corrected chi connectivity index (χ2v) is 6.98. The van der Waals surface area contributed by atoms with E-state index < -0.39 is 17.4 Å². The summed E-state index contributed by atoms with van der Waals surface area (Å²) in [5.74, 6) is -0.512. The van der Waals surface area contributed by atoms with Gasteiger partial charge >= 0.3 is 5.97 Å². The van der Waals surface area contributed by atoms with Crippen molar-refractivity contribution in [2.45, 2.75) is 27.3 Å². The van der Waals surface area contributed by atoms with E-state index in [1.807, 2.05) is 13.8 Å². The average Bonchev–Trinajstić information content (AvgIpc) is 2.94. The van der Waals surface area contributed by atoms with E-state index >= 15 is 0 Å². The van der Waals surface area contributed by atoms with Gasteiger partial charge in [0, 0.05) is 6.20 Å². The van der Waals surface area contributed by atoms with Gasteiger partial charge in [0.25, 0.3) is 5.56 Å². The number of amides is 1. The van der Waals surface area contributed by atoms with Crippen LogP contribution in [0.5, 0.6) is 5.75 Å². The summed E-state index contributed by atoms with van der Waals surface area (Å²) in [7, 11) is 1.39. The number of hydrogen-bond donors (Lipinski definition) is 1. The van der Waals surface area contributed by atoms with Crippen molar-refractivity contribution < 1.29 is 19.1 Å². The summed E-state index contributed by atoms with van der Waals surface area (Å²) >= 11 is 1.04. The first-order valence-corrected chi connectivity index (χ1v) is 8.81. The number of esters is 1. The summed E-state index contributed by atoms with van der Waals surface area (Å²) in [6.45, 7) is 5.68. The van der Waals surface area contributed by atoms with E-state index in [-0.39, 0.29) is 23.3 Å². The number of ether oxygens (including phenoxy) is 2. The Morgan fingerprint density at radius 2 is 2.12 bits per heavy atom. The fraction of sp³-hybridized carbons (Fsp3) is 0.412. The predicted octanol–water partition coefficient (Wildman–Crippen LogP) is 2.07. The molecule has 0 saturated carbocycles. The summed E-state index contributed by atoms with van der Waals surface area (Å²) < 4.78 is 11.4. The minimum Gasteiger partial charge on any atom is -0.491 e. The third-order valence-corrected chi connectivity index (χ3v) is 4.35. The van der Waals surface area contributed by atoms with Gasteiger partial charge in [-0.25, -0.2) is 9.78 Å². The second kappa shape index (κ2) is 8.61. The van der Waals surface area contributed by atoms with E-state index in [0.29, 0.717) is 17.2 Å². The lowest BCUT2D eigenvalue weighted by Crippen LogP contribution is -2.27. The molecule has 1 amide bonds. The highest BCUT2D eigenvalue weighted by molar-refractivity contribution is 7.17. The van der Waals surface area contributed by atoms with Gasteiger partial charge in [-0.2, -0.15) is 0 Å². The van der Waals surface area contributed by atoms with Crippen LogP contribution in [-0.2, 0) is 16.1 Å². The summed E-state index contributed by atoms with van der Waals surface area (Å²) in [5.41, 5.74) is 0.0797. The molecule has 0 fully saturated rings. The normalized spacial score (nSPS) is 10.7. The van der Waals surface area contributed by atoms with Gasteiger partial charge in [0.2, 0.25) is 5.91 Å². The Hall–Kier alpha value is -2.68. The molecule has 0 spiro atoms. The van der Waals surface area contributed by atoms with Crippen molar-refractivity contribution in [3.63, 3.8) is 0 Å². The van der Waals surface area contributed by atoms with Gasteiger partial charge in [0.15, 0.2) is 10.9 Å². The molecule has 0 saturated heterocycles. The van der Waals surface area contributed by atoms with Crippen LogP contribution in [0, 0.1) is 12.8 Å². The molecule has 26 heavy (non-hydrogen) atoms. The Bertz CT molecular complexity index is 856. The Morgan fingerprint density at radius 3 is 2.77 bits per heavy atom. The molecule has 9 heteroatoms. The van der Waals surface area contributed by atoms with E-state index in [1.165, 1.54) is 23.9 Å². The maximum Gasteiger partial charge on any atom is 0.350 e. The third-order valence-electron chi connectivity index (χ3n) is 3.30. The summed E-state index contributed by atoms with van der Waals surface area (Å²) in [6.07, 6.45) is 1.49. The molecule has 2 aromatic heterocycles. The van der Waals surface area contributed by atoms with Crippen LogP contribution in [0.3, 0.4) is 0 Å². The molecular weight excluding hydrogens is 358 g/mol. The first kappa shape index (κ1) is 19.6. The molecule has 0 atom stereocenters. The fourth-order valence-electron chi connectivity index (χ4n) is 2.06. The van der Waals surface area contributed by atoms with Crippen molar-refractivity contribution >= 4 is 28.3 Å². The topological polar surface area (TPSA) is 99.5 Å². The van der Waals surface area contributed by atoms with Gasteiger partial charge in [0.05, 0.1) is 19.4 Å². The van der Waals surface area contributed by atoms with Crippen LogP contribution in [0.25, 0.3) is 0 Å². The minimum atomic E-state index is -0.460. The lowest BCUT2D eigenvalue weighted by Gasteiger charge is -2.07. The van der Waals surface area contributed by atoms with E-state index in [4.69, 9.17) is 9.47 Å². The monoisotopic (exact) mass is 379 g/mol. The van der Waals surface area contributed by atoms with Crippen LogP contribution in [0.4, 0.5) is 5.13 Å². The number of thiazole rings is 1. The molecule has 0 unspecified atom stereocenters. The van der Waals surface area contributed by atoms with E-state index in [9.17, 15) is 14.4 Å². The highest BCUT2D eigenvalue weighted by Crippen LogP contribution is 2.23. The Labute approximate surface area is 154 Å². The first-order valence-electron chi connectivity index (χ1n) is 7.99. The minimum absolute atomic E-state index is 0.153. The van der Waals surface area contributed by atoms with Crippen LogP contribution in [0.1, 0.15) is 29.2 Å². The quantitative estimate of drug-likeness (QED) is 0.740. The molecule has 2 rings (SSSR count). The molecule has 0 aliphatic heterocycles. The number of rotatable bonds is 7. The smallest absolute Gasteiger partial charge is 0.350 e. The van der Waals surface area contributed by atoms with Crippen molar-refractivity contribution in [2.24, 2.45) is 5.92 Å². The number of aryl methyl sites for hydroxylation is 1. The average molecular weight is 379 g/mol. The zero-order valence-corrected chi connectivity index (χ0v) is 15.9. The molecule has 0 bridgehead atoms. The maximum absolute atomic E-state index is 12.2. The number of anilines is 1. The van der Waals surface area contributed by atoms with Gasteiger partial charge in [-0.15, -0.1) is 0 Å². The lowest BCUT2D eigenvalue weighted by atomic mass is 10.2. The molecule has 2 heterocycles. The van der Waals surface area contributed by atoms with Crippen LogP contribution in [0.15, 0.2) is 23.1 Å². The standard InChI is InChI=1S/C17H21N3O5S/c1-10(2)9-25-16(23)14-11(3)18-17(26-14)19-13(21)8-20-7-5-6-12(24-4)15(20)22/h5-7,10H,8-9H2,1-4H3,(H,18,19,21). The highest BCUT2D eigenvalue weighted by Gasteiger charge is 2.18. The molecule has 1 N–H and O–H groups in total. The number of hydrogen-bond acceptors (Lipinski definition) is 7. The third kappa shape index (κ3) is 4.92. The largest absolute Gasteiger partial charge is 0.491 e. The number of carbonyl (C=O) groups excluding carboxylic acids is 2. The Balaban J connectivity index is 2.05. The van der Waals surface area contributed by atoms with Crippen molar-refractivity contribution in [2.75, 3.05) is 19.0 Å². The Morgan fingerprint density at radius 1 is 1.38 bits per heavy atom. The molecule has 2 aromatic rings. The van der Waals surface area contributed by atoms with Gasteiger partial charge in [-0.1, -0.05) is 25.2 Å². The van der Waals surface area contributed by atoms with Crippen molar-refractivity contribution in [3.8, 4) is 5.75 Å². The summed E-state index contributed by atoms with van der Waals surface area (Å²) in [6, 6.07) is 3.14. The SMILES string of the molecule is COc1cccn(CC(=O)Nc2nc(C)c(C(=O)OCC(C)C)s2)c1=O. The second-order valence-electron chi connectivity index (χ2n) is 5.98. The number of nitrogens with one attached hydrogen (secondary N) is 1. The molecular formula is C17H21N3O5S. The maximum atomic E-state index is 12.2. The van der Waals surface area contributed by atoms with Gasteiger partial charge in [0.1, 0.15) is 11.4 Å². The number of aromatic nitrogens is 2. The van der Waals surface area contributed by atoms with Crippen LogP contribution >= 0.6 is 11.3 Å². The predicted molar refractivity (Wildman–Crippen MR) is 97.9 cm³/mol. The van der Waals surface area contributed by atoms with Crippen molar-refractivity contribution in [1.29, 1.82) is 0 Å². The zero-order valence-electron chi connectivity index (χ0n) is 15.1. The molecule has 8 nitrogen and oxygen atoms in total. The molecule has 0 aliphatic carbocycles. The summed E-state index contributed by atoms with van der Waals surface area (Å²) in [4.78, 5) is 40.8. The Kier molecular flexibility index (Phi) is 6.51. The molecule has 0 radical (unpaired) electrons. The zero-order chi connectivity index (χ0) is 19.3. The summed E-state index contributed by atoms with van der Waals surface area (Å²) in [5, 5.41) is 2.87. The van der Waals surface area contributed by atoms with Crippen LogP contribution in [0.2, 0.25) is 0 Å². The number of methoxy groups -OCH3 is 1. The van der Waals surface area contributed by atoms with E-state index in [0.717, 1.165) is 11.3 Å². The number of carbonyl (C=O) groups is 2. The number of pyridine rings is 1. The molecule has 0 aromatic carbocycles. The molecule has 0 aliphatic rings. The van der Waals surface area contributed by atoms with Crippen LogP contribution in [-0.4, -0.2) is 35.1 Å². The van der Waals surface area contributed by atoms with E-state index in [2.05, 4.69) is 10.3 Å². The molecule has 140 valence electrons. The van der Waals surface area contributed by atoms with Gasteiger partial charge < -0.3 is 19.4 Å². The fourth-order valence-corrected chi connectivity index (χ4v) is 2.93. The lowest BCUT2D eigenvalue weighted by molar-refractivity contribution is -0.116. The van der Waals surface area contributed by atoms with Gasteiger partial charge in [-0.05, 0) is 25.0 Å². The first-order chi connectivity index (χ1) is 12.3. The van der Waals surface area contributed by atoms with E-state index in [1.54, 1.807) is 13.0 Å². The van der Waals surface area contributed by atoms with Crippen molar-refractivity contribution in [1.82, 2.24) is 9.55 Å². The number of nitrogens with zero attached hydrogens (tertiary/aromatic N) is 2.